The normalized spacial score (nSPS) is 23.0. The molecule has 1 saturated carbocycles. The number of nitrogens with one attached hydrogen (secondary N) is 1. The number of carbonyl (C=O) groups is 1. The number of rotatable bonds is 6. The van der Waals surface area contributed by atoms with E-state index in [1.807, 2.05) is 0 Å². The van der Waals surface area contributed by atoms with E-state index in [1.165, 1.54) is 12.8 Å². The molecule has 0 aromatic carbocycles. The Morgan fingerprint density at radius 1 is 1.38 bits per heavy atom. The fourth-order valence-corrected chi connectivity index (χ4v) is 2.90. The number of carbonyl (C=O) groups excluding carboxylic acids is 1. The molecule has 2 aliphatic rings. The molecule has 114 valence electrons. The predicted octanol–water partition coefficient (Wildman–Crippen LogP) is 0.963. The minimum Gasteiger partial charge on any atom is -0.369 e. The SMILES string of the molecule is NC(=O)[C@@H]1CCCN(CCNc2cc(C3CC3)ncn2)C1. The zero-order valence-electron chi connectivity index (χ0n) is 12.3. The summed E-state index contributed by atoms with van der Waals surface area (Å²) in [4.78, 5) is 22.1. The van der Waals surface area contributed by atoms with Gasteiger partial charge in [-0.3, -0.25) is 4.79 Å². The zero-order valence-corrected chi connectivity index (χ0v) is 12.3. The second kappa shape index (κ2) is 6.39. The fraction of sp³-hybridized carbons (Fsp3) is 0.667. The summed E-state index contributed by atoms with van der Waals surface area (Å²) in [6, 6.07) is 2.06. The van der Waals surface area contributed by atoms with Crippen LogP contribution < -0.4 is 11.1 Å². The first-order valence-corrected chi connectivity index (χ1v) is 7.80. The Hall–Kier alpha value is -1.69. The van der Waals surface area contributed by atoms with Crippen LogP contribution in [0.3, 0.4) is 0 Å². The number of nitrogens with zero attached hydrogens (tertiary/aromatic N) is 3. The number of hydrogen-bond acceptors (Lipinski definition) is 5. The third-order valence-electron chi connectivity index (χ3n) is 4.33. The summed E-state index contributed by atoms with van der Waals surface area (Å²) in [7, 11) is 0. The highest BCUT2D eigenvalue weighted by atomic mass is 16.1. The first-order chi connectivity index (χ1) is 10.2. The van der Waals surface area contributed by atoms with Crippen molar-refractivity contribution in [2.75, 3.05) is 31.5 Å². The van der Waals surface area contributed by atoms with Gasteiger partial charge in [-0.25, -0.2) is 9.97 Å². The molecule has 0 bridgehead atoms. The van der Waals surface area contributed by atoms with E-state index in [0.29, 0.717) is 5.92 Å². The van der Waals surface area contributed by atoms with E-state index >= 15 is 0 Å². The summed E-state index contributed by atoms with van der Waals surface area (Å²) in [5, 5.41) is 3.35. The van der Waals surface area contributed by atoms with Crippen LogP contribution in [0.15, 0.2) is 12.4 Å². The van der Waals surface area contributed by atoms with Crippen LogP contribution in [0.1, 0.15) is 37.3 Å². The molecule has 1 aromatic rings. The van der Waals surface area contributed by atoms with Crippen LogP contribution in [-0.2, 0) is 4.79 Å². The number of amides is 1. The number of nitrogens with two attached hydrogens (primary N) is 1. The summed E-state index contributed by atoms with van der Waals surface area (Å²) in [5.74, 6) is 1.39. The van der Waals surface area contributed by atoms with E-state index in [9.17, 15) is 4.79 Å². The van der Waals surface area contributed by atoms with Crippen LogP contribution in [0.25, 0.3) is 0 Å². The lowest BCUT2D eigenvalue weighted by molar-refractivity contribution is -0.123. The molecular formula is C15H23N5O. The van der Waals surface area contributed by atoms with Crippen molar-refractivity contribution in [1.29, 1.82) is 0 Å². The van der Waals surface area contributed by atoms with E-state index < -0.39 is 0 Å². The monoisotopic (exact) mass is 289 g/mol. The Morgan fingerprint density at radius 2 is 2.24 bits per heavy atom. The molecule has 3 N–H and O–H groups in total. The molecule has 1 amide bonds. The van der Waals surface area contributed by atoms with E-state index in [4.69, 9.17) is 5.73 Å². The average molecular weight is 289 g/mol. The molecule has 1 aliphatic heterocycles. The summed E-state index contributed by atoms with van der Waals surface area (Å²) < 4.78 is 0. The Balaban J connectivity index is 1.45. The molecule has 21 heavy (non-hydrogen) atoms. The van der Waals surface area contributed by atoms with Crippen molar-refractivity contribution in [3.05, 3.63) is 18.1 Å². The van der Waals surface area contributed by atoms with E-state index in [2.05, 4.69) is 26.3 Å². The second-order valence-corrected chi connectivity index (χ2v) is 6.07. The molecule has 0 spiro atoms. The zero-order chi connectivity index (χ0) is 14.7. The molecule has 1 atom stereocenters. The molecule has 0 radical (unpaired) electrons. The van der Waals surface area contributed by atoms with Crippen LogP contribution in [0.4, 0.5) is 5.82 Å². The van der Waals surface area contributed by atoms with Crippen molar-refractivity contribution in [3.8, 4) is 0 Å². The highest BCUT2D eigenvalue weighted by Crippen LogP contribution is 2.39. The molecule has 0 unspecified atom stereocenters. The van der Waals surface area contributed by atoms with Gasteiger partial charge in [-0.2, -0.15) is 0 Å². The Labute approximate surface area is 125 Å². The van der Waals surface area contributed by atoms with Gasteiger partial charge < -0.3 is 16.0 Å². The molecule has 1 saturated heterocycles. The van der Waals surface area contributed by atoms with Crippen LogP contribution >= 0.6 is 0 Å². The largest absolute Gasteiger partial charge is 0.369 e. The third-order valence-corrected chi connectivity index (χ3v) is 4.33. The Bertz CT molecular complexity index is 503. The van der Waals surface area contributed by atoms with Crippen LogP contribution in [0, 0.1) is 5.92 Å². The van der Waals surface area contributed by atoms with Gasteiger partial charge in [0.2, 0.25) is 5.91 Å². The minimum absolute atomic E-state index is 0.0132. The average Bonchev–Trinajstić information content (AvgIpc) is 3.33. The van der Waals surface area contributed by atoms with Crippen LogP contribution in [0.2, 0.25) is 0 Å². The van der Waals surface area contributed by atoms with Gasteiger partial charge in [0.1, 0.15) is 12.1 Å². The van der Waals surface area contributed by atoms with E-state index in [-0.39, 0.29) is 11.8 Å². The van der Waals surface area contributed by atoms with Crippen molar-refractivity contribution >= 4 is 11.7 Å². The van der Waals surface area contributed by atoms with Crippen molar-refractivity contribution in [2.24, 2.45) is 11.7 Å². The topological polar surface area (TPSA) is 84.1 Å². The fourth-order valence-electron chi connectivity index (χ4n) is 2.90. The summed E-state index contributed by atoms with van der Waals surface area (Å²) in [5.41, 5.74) is 6.55. The number of likely N-dealkylation sites (tertiary alicyclic amines) is 1. The second-order valence-electron chi connectivity index (χ2n) is 6.07. The summed E-state index contributed by atoms with van der Waals surface area (Å²) >= 11 is 0. The number of primary amides is 1. The number of piperidine rings is 1. The first kappa shape index (κ1) is 14.3. The summed E-state index contributed by atoms with van der Waals surface area (Å²) in [6.45, 7) is 3.57. The third kappa shape index (κ3) is 3.91. The molecule has 2 fully saturated rings. The van der Waals surface area contributed by atoms with Crippen molar-refractivity contribution < 1.29 is 4.79 Å². The lowest BCUT2D eigenvalue weighted by Gasteiger charge is -2.31. The van der Waals surface area contributed by atoms with Gasteiger partial charge in [0.05, 0.1) is 5.92 Å². The number of hydrogen-bond donors (Lipinski definition) is 2. The maximum atomic E-state index is 11.3. The highest BCUT2D eigenvalue weighted by molar-refractivity contribution is 5.76. The van der Waals surface area contributed by atoms with Crippen LogP contribution in [-0.4, -0.2) is 47.0 Å². The first-order valence-electron chi connectivity index (χ1n) is 7.80. The van der Waals surface area contributed by atoms with Gasteiger partial charge in [0, 0.05) is 37.3 Å². The molecule has 2 heterocycles. The van der Waals surface area contributed by atoms with Crippen molar-refractivity contribution in [1.82, 2.24) is 14.9 Å². The smallest absolute Gasteiger partial charge is 0.221 e. The summed E-state index contributed by atoms with van der Waals surface area (Å²) in [6.07, 6.45) is 6.11. The van der Waals surface area contributed by atoms with Crippen molar-refractivity contribution in [3.63, 3.8) is 0 Å². The van der Waals surface area contributed by atoms with Gasteiger partial charge in [0.15, 0.2) is 0 Å². The maximum absolute atomic E-state index is 11.3. The molecular weight excluding hydrogens is 266 g/mol. The predicted molar refractivity (Wildman–Crippen MR) is 80.9 cm³/mol. The maximum Gasteiger partial charge on any atom is 0.221 e. The standard InChI is InChI=1S/C15H23N5O/c16-15(21)12-2-1-6-20(9-12)7-5-17-14-8-13(11-3-4-11)18-10-19-14/h8,10-12H,1-7,9H2,(H2,16,21)(H,17,18,19)/t12-/m1/s1. The molecule has 6 heteroatoms. The van der Waals surface area contributed by atoms with Gasteiger partial charge in [-0.15, -0.1) is 0 Å². The lowest BCUT2D eigenvalue weighted by Crippen LogP contribution is -2.42. The van der Waals surface area contributed by atoms with E-state index in [1.54, 1.807) is 6.33 Å². The van der Waals surface area contributed by atoms with Gasteiger partial charge in [-0.05, 0) is 32.2 Å². The quantitative estimate of drug-likeness (QED) is 0.815. The van der Waals surface area contributed by atoms with Gasteiger partial charge in [-0.1, -0.05) is 0 Å². The van der Waals surface area contributed by atoms with Gasteiger partial charge in [0.25, 0.3) is 0 Å². The highest BCUT2D eigenvalue weighted by Gasteiger charge is 2.25. The molecule has 1 aromatic heterocycles. The number of aromatic nitrogens is 2. The van der Waals surface area contributed by atoms with Crippen molar-refractivity contribution in [2.45, 2.75) is 31.6 Å². The Morgan fingerprint density at radius 3 is 3.00 bits per heavy atom. The molecule has 3 rings (SSSR count). The molecule has 1 aliphatic carbocycles. The van der Waals surface area contributed by atoms with Crippen LogP contribution in [0.5, 0.6) is 0 Å². The molecule has 6 nitrogen and oxygen atoms in total. The minimum atomic E-state index is -0.169. The number of anilines is 1. The van der Waals surface area contributed by atoms with E-state index in [0.717, 1.165) is 50.5 Å². The lowest BCUT2D eigenvalue weighted by atomic mass is 9.97. The Kier molecular flexibility index (Phi) is 4.34. The van der Waals surface area contributed by atoms with Gasteiger partial charge >= 0.3 is 0 Å².